The maximum absolute atomic E-state index is 12.1. The van der Waals surface area contributed by atoms with E-state index in [0.717, 1.165) is 38.5 Å². The SMILES string of the molecule is CC(C)c1ccc(CCCNC(=O)C2(N)CCCC2)cc1. The molecule has 1 saturated carbocycles. The number of hydrogen-bond donors (Lipinski definition) is 2. The van der Waals surface area contributed by atoms with Gasteiger partial charge in [0, 0.05) is 6.54 Å². The minimum absolute atomic E-state index is 0.0372. The van der Waals surface area contributed by atoms with Crippen molar-refractivity contribution in [3.8, 4) is 0 Å². The van der Waals surface area contributed by atoms with Gasteiger partial charge in [-0.25, -0.2) is 0 Å². The van der Waals surface area contributed by atoms with Crippen LogP contribution in [0.15, 0.2) is 24.3 Å². The van der Waals surface area contributed by atoms with Gasteiger partial charge in [0.2, 0.25) is 5.91 Å². The molecule has 3 nitrogen and oxygen atoms in total. The Morgan fingerprint density at radius 2 is 1.86 bits per heavy atom. The smallest absolute Gasteiger partial charge is 0.240 e. The van der Waals surface area contributed by atoms with Crippen LogP contribution in [-0.4, -0.2) is 18.0 Å². The largest absolute Gasteiger partial charge is 0.354 e. The first-order valence-electron chi connectivity index (χ1n) is 8.17. The van der Waals surface area contributed by atoms with Gasteiger partial charge in [0.15, 0.2) is 0 Å². The molecule has 0 saturated heterocycles. The highest BCUT2D eigenvalue weighted by Crippen LogP contribution is 2.27. The predicted molar refractivity (Wildman–Crippen MR) is 87.2 cm³/mol. The van der Waals surface area contributed by atoms with Gasteiger partial charge in [-0.2, -0.15) is 0 Å². The van der Waals surface area contributed by atoms with Gasteiger partial charge < -0.3 is 11.1 Å². The van der Waals surface area contributed by atoms with Crippen LogP contribution in [0.3, 0.4) is 0 Å². The number of rotatable bonds is 6. The lowest BCUT2D eigenvalue weighted by Crippen LogP contribution is -2.52. The summed E-state index contributed by atoms with van der Waals surface area (Å²) in [5.74, 6) is 0.612. The average Bonchev–Trinajstić information content (AvgIpc) is 2.92. The van der Waals surface area contributed by atoms with Gasteiger partial charge in [-0.15, -0.1) is 0 Å². The molecule has 0 spiro atoms. The van der Waals surface area contributed by atoms with Crippen LogP contribution in [0.25, 0.3) is 0 Å². The normalized spacial score (nSPS) is 17.1. The summed E-state index contributed by atoms with van der Waals surface area (Å²) >= 11 is 0. The van der Waals surface area contributed by atoms with E-state index in [4.69, 9.17) is 5.73 Å². The predicted octanol–water partition coefficient (Wildman–Crippen LogP) is 3.13. The average molecular weight is 288 g/mol. The summed E-state index contributed by atoms with van der Waals surface area (Å²) in [5.41, 5.74) is 8.23. The Morgan fingerprint density at radius 1 is 1.24 bits per heavy atom. The van der Waals surface area contributed by atoms with E-state index in [9.17, 15) is 4.79 Å². The number of amides is 1. The van der Waals surface area contributed by atoms with E-state index in [2.05, 4.69) is 43.4 Å². The molecular weight excluding hydrogens is 260 g/mol. The summed E-state index contributed by atoms with van der Waals surface area (Å²) in [6.45, 7) is 5.12. The highest BCUT2D eigenvalue weighted by molar-refractivity contribution is 5.86. The summed E-state index contributed by atoms with van der Waals surface area (Å²) in [7, 11) is 0. The minimum atomic E-state index is -0.598. The van der Waals surface area contributed by atoms with E-state index < -0.39 is 5.54 Å². The number of carbonyl (C=O) groups excluding carboxylic acids is 1. The van der Waals surface area contributed by atoms with Crippen molar-refractivity contribution >= 4 is 5.91 Å². The van der Waals surface area contributed by atoms with Crippen LogP contribution in [0.5, 0.6) is 0 Å². The molecule has 0 bridgehead atoms. The van der Waals surface area contributed by atoms with Crippen molar-refractivity contribution < 1.29 is 4.79 Å². The maximum atomic E-state index is 12.1. The van der Waals surface area contributed by atoms with Crippen molar-refractivity contribution in [2.75, 3.05) is 6.54 Å². The lowest BCUT2D eigenvalue weighted by molar-refractivity contribution is -0.126. The zero-order valence-corrected chi connectivity index (χ0v) is 13.3. The molecule has 1 aromatic carbocycles. The Balaban J connectivity index is 1.71. The molecule has 1 aliphatic carbocycles. The standard InChI is InChI=1S/C18H28N2O/c1-14(2)16-9-7-15(8-10-16)6-5-13-20-17(21)18(19)11-3-4-12-18/h7-10,14H,3-6,11-13,19H2,1-2H3,(H,20,21). The third kappa shape index (κ3) is 4.31. The van der Waals surface area contributed by atoms with Crippen molar-refractivity contribution in [3.63, 3.8) is 0 Å². The highest BCUT2D eigenvalue weighted by atomic mass is 16.2. The molecule has 0 unspecified atom stereocenters. The number of aryl methyl sites for hydroxylation is 1. The lowest BCUT2D eigenvalue weighted by Gasteiger charge is -2.22. The van der Waals surface area contributed by atoms with E-state index in [1.807, 2.05) is 0 Å². The van der Waals surface area contributed by atoms with E-state index >= 15 is 0 Å². The molecule has 1 aromatic rings. The zero-order valence-electron chi connectivity index (χ0n) is 13.3. The zero-order chi connectivity index (χ0) is 15.3. The van der Waals surface area contributed by atoms with Crippen LogP contribution in [0.4, 0.5) is 0 Å². The topological polar surface area (TPSA) is 55.1 Å². The van der Waals surface area contributed by atoms with Crippen molar-refractivity contribution in [1.82, 2.24) is 5.32 Å². The Bertz CT molecular complexity index is 459. The Morgan fingerprint density at radius 3 is 2.43 bits per heavy atom. The fraction of sp³-hybridized carbons (Fsp3) is 0.611. The van der Waals surface area contributed by atoms with Crippen LogP contribution in [0, 0.1) is 0 Å². The van der Waals surface area contributed by atoms with Gasteiger partial charge in [0.1, 0.15) is 0 Å². The lowest BCUT2D eigenvalue weighted by atomic mass is 9.98. The van der Waals surface area contributed by atoms with Crippen LogP contribution in [0.2, 0.25) is 0 Å². The number of hydrogen-bond acceptors (Lipinski definition) is 2. The van der Waals surface area contributed by atoms with E-state index in [1.165, 1.54) is 11.1 Å². The van der Waals surface area contributed by atoms with Gasteiger partial charge in [-0.05, 0) is 42.7 Å². The molecule has 0 aliphatic heterocycles. The number of carbonyl (C=O) groups is 1. The molecule has 1 amide bonds. The van der Waals surface area contributed by atoms with E-state index in [0.29, 0.717) is 12.5 Å². The second-order valence-electron chi connectivity index (χ2n) is 6.62. The molecule has 1 fully saturated rings. The maximum Gasteiger partial charge on any atom is 0.240 e. The fourth-order valence-corrected chi connectivity index (χ4v) is 2.97. The number of nitrogens with one attached hydrogen (secondary N) is 1. The number of nitrogens with two attached hydrogens (primary N) is 1. The second-order valence-corrected chi connectivity index (χ2v) is 6.62. The van der Waals surface area contributed by atoms with Crippen molar-refractivity contribution in [1.29, 1.82) is 0 Å². The van der Waals surface area contributed by atoms with Crippen LogP contribution < -0.4 is 11.1 Å². The summed E-state index contributed by atoms with van der Waals surface area (Å²) in [5, 5.41) is 3.00. The summed E-state index contributed by atoms with van der Waals surface area (Å²) in [6, 6.07) is 8.79. The van der Waals surface area contributed by atoms with Gasteiger partial charge in [-0.3, -0.25) is 4.79 Å². The van der Waals surface area contributed by atoms with Crippen molar-refractivity contribution in [3.05, 3.63) is 35.4 Å². The summed E-state index contributed by atoms with van der Waals surface area (Å²) in [6.07, 6.45) is 5.77. The minimum Gasteiger partial charge on any atom is -0.354 e. The summed E-state index contributed by atoms with van der Waals surface area (Å²) in [4.78, 5) is 12.1. The van der Waals surface area contributed by atoms with Gasteiger partial charge in [-0.1, -0.05) is 51.0 Å². The molecular formula is C18H28N2O. The van der Waals surface area contributed by atoms with E-state index in [1.54, 1.807) is 0 Å². The first-order valence-corrected chi connectivity index (χ1v) is 8.17. The van der Waals surface area contributed by atoms with Crippen LogP contribution in [-0.2, 0) is 11.2 Å². The van der Waals surface area contributed by atoms with Crippen LogP contribution >= 0.6 is 0 Å². The molecule has 0 heterocycles. The first kappa shape index (κ1) is 16.0. The van der Waals surface area contributed by atoms with Gasteiger partial charge in [0.05, 0.1) is 5.54 Å². The molecule has 0 radical (unpaired) electrons. The summed E-state index contributed by atoms with van der Waals surface area (Å²) < 4.78 is 0. The second kappa shape index (κ2) is 7.08. The quantitative estimate of drug-likeness (QED) is 0.790. The monoisotopic (exact) mass is 288 g/mol. The molecule has 3 N–H and O–H groups in total. The molecule has 0 atom stereocenters. The first-order chi connectivity index (χ1) is 10.0. The van der Waals surface area contributed by atoms with Gasteiger partial charge >= 0.3 is 0 Å². The highest BCUT2D eigenvalue weighted by Gasteiger charge is 2.36. The molecule has 0 aromatic heterocycles. The van der Waals surface area contributed by atoms with E-state index in [-0.39, 0.29) is 5.91 Å². The third-order valence-corrected chi connectivity index (χ3v) is 4.52. The number of benzene rings is 1. The van der Waals surface area contributed by atoms with Crippen LogP contribution in [0.1, 0.15) is 63.0 Å². The molecule has 21 heavy (non-hydrogen) atoms. The van der Waals surface area contributed by atoms with Crippen molar-refractivity contribution in [2.45, 2.75) is 63.8 Å². The Hall–Kier alpha value is -1.35. The van der Waals surface area contributed by atoms with Gasteiger partial charge in [0.25, 0.3) is 0 Å². The molecule has 2 rings (SSSR count). The van der Waals surface area contributed by atoms with Crippen molar-refractivity contribution in [2.24, 2.45) is 5.73 Å². The Labute approximate surface area is 128 Å². The third-order valence-electron chi connectivity index (χ3n) is 4.52. The molecule has 3 heteroatoms. The molecule has 116 valence electrons. The fourth-order valence-electron chi connectivity index (χ4n) is 2.97. The molecule has 1 aliphatic rings. The Kier molecular flexibility index (Phi) is 5.40.